The summed E-state index contributed by atoms with van der Waals surface area (Å²) in [6, 6.07) is 16.7. The van der Waals surface area contributed by atoms with E-state index in [1.807, 2.05) is 36.1 Å². The van der Waals surface area contributed by atoms with Gasteiger partial charge in [0.1, 0.15) is 11.3 Å². The molecule has 0 radical (unpaired) electrons. The number of nitrogens with two attached hydrogens (primary N) is 2. The Bertz CT molecular complexity index is 1970. The van der Waals surface area contributed by atoms with Gasteiger partial charge in [-0.3, -0.25) is 14.6 Å². The Morgan fingerprint density at radius 3 is 2.53 bits per heavy atom. The molecule has 4 N–H and O–H groups in total. The Labute approximate surface area is 249 Å². The molecular formula is C35H35N5O3. The first-order valence-corrected chi connectivity index (χ1v) is 15.3. The molecule has 5 aromatic rings. The van der Waals surface area contributed by atoms with Crippen LogP contribution in [0.1, 0.15) is 57.7 Å². The van der Waals surface area contributed by atoms with E-state index in [1.165, 1.54) is 12.8 Å². The first kappa shape index (κ1) is 26.2. The van der Waals surface area contributed by atoms with Gasteiger partial charge in [-0.25, -0.2) is 0 Å². The average Bonchev–Trinajstić information content (AvgIpc) is 3.41. The van der Waals surface area contributed by atoms with Crippen molar-refractivity contribution in [1.82, 2.24) is 14.5 Å². The lowest BCUT2D eigenvalue weighted by molar-refractivity contribution is 0.0700. The molecular weight excluding hydrogens is 538 g/mol. The molecule has 2 aliphatic carbocycles. The minimum Gasteiger partial charge on any atom is -0.454 e. The second-order valence-electron chi connectivity index (χ2n) is 12.8. The number of nitrogens with zero attached hydrogens (tertiary/aromatic N) is 3. The molecule has 2 amide bonds. The molecule has 2 bridgehead atoms. The maximum Gasteiger partial charge on any atom is 0.267 e. The molecule has 43 heavy (non-hydrogen) atoms. The van der Waals surface area contributed by atoms with Crippen molar-refractivity contribution < 1.29 is 14.0 Å². The molecule has 3 aliphatic rings. The third-order valence-corrected chi connectivity index (χ3v) is 10.0. The van der Waals surface area contributed by atoms with Crippen LogP contribution >= 0.6 is 0 Å². The molecule has 3 atom stereocenters. The van der Waals surface area contributed by atoms with Gasteiger partial charge in [0, 0.05) is 64.3 Å². The monoisotopic (exact) mass is 573 g/mol. The maximum absolute atomic E-state index is 13.5. The Balaban J connectivity index is 1.19. The van der Waals surface area contributed by atoms with E-state index in [-0.39, 0.29) is 18.0 Å². The number of amides is 2. The van der Waals surface area contributed by atoms with Crippen LogP contribution in [0.3, 0.4) is 0 Å². The molecule has 2 unspecified atom stereocenters. The molecule has 8 rings (SSSR count). The number of piperidine rings is 1. The summed E-state index contributed by atoms with van der Waals surface area (Å²) in [6.07, 6.45) is 6.27. The fourth-order valence-corrected chi connectivity index (χ4v) is 7.42. The van der Waals surface area contributed by atoms with Crippen molar-refractivity contribution in [1.29, 1.82) is 0 Å². The van der Waals surface area contributed by atoms with Crippen molar-refractivity contribution >= 4 is 33.7 Å². The number of carbonyl (C=O) groups excluding carboxylic acids is 2. The van der Waals surface area contributed by atoms with E-state index in [4.69, 9.17) is 15.9 Å². The van der Waals surface area contributed by atoms with Gasteiger partial charge in [-0.05, 0) is 92.8 Å². The lowest BCUT2D eigenvalue weighted by atomic mass is 10.0. The topological polar surface area (TPSA) is 120 Å². The first-order chi connectivity index (χ1) is 20.8. The van der Waals surface area contributed by atoms with Gasteiger partial charge < -0.3 is 25.4 Å². The van der Waals surface area contributed by atoms with Crippen LogP contribution in [0.25, 0.3) is 44.5 Å². The molecule has 8 nitrogen and oxygen atoms in total. The van der Waals surface area contributed by atoms with Crippen molar-refractivity contribution in [2.45, 2.75) is 58.2 Å². The summed E-state index contributed by atoms with van der Waals surface area (Å²) in [7, 11) is 0. The van der Waals surface area contributed by atoms with Gasteiger partial charge in [0.15, 0.2) is 5.76 Å². The van der Waals surface area contributed by atoms with E-state index >= 15 is 0 Å². The smallest absolute Gasteiger partial charge is 0.267 e. The second kappa shape index (κ2) is 9.54. The fraction of sp³-hybridized carbons (Fsp3) is 0.343. The highest BCUT2D eigenvalue weighted by atomic mass is 16.3. The molecule has 218 valence electrons. The van der Waals surface area contributed by atoms with E-state index in [2.05, 4.69) is 40.7 Å². The normalized spacial score (nSPS) is 21.4. The molecule has 2 aromatic carbocycles. The minimum absolute atomic E-state index is 0.0455. The predicted molar refractivity (Wildman–Crippen MR) is 167 cm³/mol. The zero-order chi connectivity index (χ0) is 29.6. The van der Waals surface area contributed by atoms with Crippen LogP contribution in [0.2, 0.25) is 0 Å². The molecule has 2 saturated carbocycles. The highest BCUT2D eigenvalue weighted by molar-refractivity contribution is 6.00. The van der Waals surface area contributed by atoms with E-state index in [0.29, 0.717) is 23.1 Å². The summed E-state index contributed by atoms with van der Waals surface area (Å²) in [5.74, 6) is 1.42. The number of hydrogen-bond acceptors (Lipinski definition) is 5. The van der Waals surface area contributed by atoms with Gasteiger partial charge in [0.2, 0.25) is 0 Å². The van der Waals surface area contributed by atoms with Crippen LogP contribution in [-0.4, -0.2) is 44.9 Å². The molecule has 3 fully saturated rings. The van der Waals surface area contributed by atoms with Crippen LogP contribution in [-0.2, 0) is 6.54 Å². The largest absolute Gasteiger partial charge is 0.454 e. The summed E-state index contributed by atoms with van der Waals surface area (Å²) in [5.41, 5.74) is 19.5. The molecule has 0 spiro atoms. The maximum atomic E-state index is 13.5. The van der Waals surface area contributed by atoms with Gasteiger partial charge in [-0.2, -0.15) is 0 Å². The van der Waals surface area contributed by atoms with Gasteiger partial charge in [0.25, 0.3) is 11.8 Å². The number of aryl methyl sites for hydroxylation is 2. The van der Waals surface area contributed by atoms with E-state index in [9.17, 15) is 9.59 Å². The second-order valence-corrected chi connectivity index (χ2v) is 12.8. The average molecular weight is 574 g/mol. The number of hydrogen-bond donors (Lipinski definition) is 2. The van der Waals surface area contributed by atoms with Crippen LogP contribution in [0.5, 0.6) is 0 Å². The summed E-state index contributed by atoms with van der Waals surface area (Å²) < 4.78 is 8.97. The lowest BCUT2D eigenvalue weighted by Gasteiger charge is -2.27. The summed E-state index contributed by atoms with van der Waals surface area (Å²) in [4.78, 5) is 31.5. The van der Waals surface area contributed by atoms with Crippen LogP contribution in [0, 0.1) is 25.7 Å². The Hall–Kier alpha value is -4.43. The molecule has 4 heterocycles. The minimum atomic E-state index is -0.521. The van der Waals surface area contributed by atoms with Crippen molar-refractivity contribution in [3.8, 4) is 22.6 Å². The number of rotatable bonds is 6. The highest BCUT2D eigenvalue weighted by Gasteiger charge is 2.46. The molecule has 8 heteroatoms. The lowest BCUT2D eigenvalue weighted by Crippen LogP contribution is -2.41. The first-order valence-electron chi connectivity index (χ1n) is 15.3. The van der Waals surface area contributed by atoms with Crippen molar-refractivity contribution in [2.24, 2.45) is 23.3 Å². The van der Waals surface area contributed by atoms with Crippen molar-refractivity contribution in [3.63, 3.8) is 0 Å². The molecule has 3 aromatic heterocycles. The van der Waals surface area contributed by atoms with E-state index < -0.39 is 5.91 Å². The number of aromatic nitrogens is 2. The third-order valence-electron chi connectivity index (χ3n) is 10.0. The number of furan rings is 1. The van der Waals surface area contributed by atoms with Crippen molar-refractivity contribution in [3.05, 3.63) is 77.1 Å². The zero-order valence-corrected chi connectivity index (χ0v) is 24.5. The zero-order valence-electron chi connectivity index (χ0n) is 24.5. The fourth-order valence-electron chi connectivity index (χ4n) is 7.42. The van der Waals surface area contributed by atoms with Crippen LogP contribution in [0.15, 0.2) is 59.1 Å². The number of primary amides is 1. The van der Waals surface area contributed by atoms with Crippen molar-refractivity contribution in [2.75, 3.05) is 6.54 Å². The number of pyridine rings is 1. The summed E-state index contributed by atoms with van der Waals surface area (Å²) >= 11 is 0. The molecule has 1 saturated heterocycles. The number of carbonyl (C=O) groups is 2. The van der Waals surface area contributed by atoms with Crippen LogP contribution in [0.4, 0.5) is 0 Å². The van der Waals surface area contributed by atoms with Gasteiger partial charge in [0.05, 0.1) is 5.69 Å². The number of benzene rings is 2. The third kappa shape index (κ3) is 4.19. The Kier molecular flexibility index (Phi) is 5.82. The van der Waals surface area contributed by atoms with Gasteiger partial charge in [-0.1, -0.05) is 18.2 Å². The van der Waals surface area contributed by atoms with Gasteiger partial charge >= 0.3 is 0 Å². The Morgan fingerprint density at radius 2 is 1.84 bits per heavy atom. The summed E-state index contributed by atoms with van der Waals surface area (Å²) in [5, 5.41) is 2.15. The summed E-state index contributed by atoms with van der Waals surface area (Å²) in [6.45, 7) is 5.62. The SMILES string of the molecule is Cc1cc(-c2ccc3cc(-c4oc5cc(C(=O)N6CC7CCC6[C@@H]7N)ccc5c4C)n(CC4CC4)c3c2)cnc1C(N)=O. The quantitative estimate of drug-likeness (QED) is 0.266. The number of fused-ring (bicyclic) bond motifs is 4. The number of likely N-dealkylation sites (tertiary alicyclic amines) is 1. The predicted octanol–water partition coefficient (Wildman–Crippen LogP) is 5.80. The standard InChI is InChI=1S/C35H35N5O3/c1-18-11-25(15-38-32(18)34(37)41)21-5-6-22-13-29(39(28(22)12-21)16-20-3-4-20)33-19(2)26-9-7-23(14-30(26)43-33)35(42)40-17-24-8-10-27(40)31(24)36/h5-7,9,11-15,20,24,27,31H,3-4,8,10,16-17,36H2,1-2H3,(H2,37,41)/t24?,27?,31-/m1/s1. The van der Waals surface area contributed by atoms with Crippen LogP contribution < -0.4 is 11.5 Å². The van der Waals surface area contributed by atoms with Gasteiger partial charge in [-0.15, -0.1) is 0 Å². The highest BCUT2D eigenvalue weighted by Crippen LogP contribution is 2.41. The van der Waals surface area contributed by atoms with E-state index in [1.54, 1.807) is 6.20 Å². The Morgan fingerprint density at radius 1 is 1.00 bits per heavy atom. The molecule has 1 aliphatic heterocycles. The van der Waals surface area contributed by atoms with E-state index in [0.717, 1.165) is 81.5 Å².